The molecular formula is C11H13N3O6S. The second-order valence-electron chi connectivity index (χ2n) is 4.59. The van der Waals surface area contributed by atoms with Gasteiger partial charge >= 0.3 is 6.09 Å². The van der Waals surface area contributed by atoms with Crippen molar-refractivity contribution in [3.8, 4) is 0 Å². The van der Waals surface area contributed by atoms with Crippen molar-refractivity contribution in [3.05, 3.63) is 34.4 Å². The summed E-state index contributed by atoms with van der Waals surface area (Å²) in [4.78, 5) is 21.7. The summed E-state index contributed by atoms with van der Waals surface area (Å²) in [5.41, 5.74) is -0.202. The Morgan fingerprint density at radius 3 is 2.48 bits per heavy atom. The fraction of sp³-hybridized carbons (Fsp3) is 0.364. The molecule has 1 amide bonds. The van der Waals surface area contributed by atoms with E-state index < -0.39 is 27.1 Å². The van der Waals surface area contributed by atoms with Gasteiger partial charge in [-0.15, -0.1) is 0 Å². The van der Waals surface area contributed by atoms with Crippen LogP contribution in [0.5, 0.6) is 0 Å². The lowest BCUT2D eigenvalue weighted by Crippen LogP contribution is -2.38. The normalized spacial score (nSPS) is 18.7. The van der Waals surface area contributed by atoms with Crippen LogP contribution in [-0.2, 0) is 10.0 Å². The second kappa shape index (κ2) is 5.66. The first-order valence-electron chi connectivity index (χ1n) is 6.04. The Balaban J connectivity index is 2.08. The summed E-state index contributed by atoms with van der Waals surface area (Å²) in [5.74, 6) is 0. The van der Waals surface area contributed by atoms with Crippen molar-refractivity contribution in [2.24, 2.45) is 0 Å². The van der Waals surface area contributed by atoms with Gasteiger partial charge in [0.15, 0.2) is 0 Å². The SMILES string of the molecule is O=C(O)N1CC[C@H](NS(=O)(=O)c2ccc([N+](=O)[O-])cc2)C1. The lowest BCUT2D eigenvalue weighted by Gasteiger charge is -2.14. The summed E-state index contributed by atoms with van der Waals surface area (Å²) >= 11 is 0. The molecule has 0 aromatic heterocycles. The zero-order valence-corrected chi connectivity index (χ0v) is 11.6. The smallest absolute Gasteiger partial charge is 0.407 e. The molecule has 1 aromatic rings. The second-order valence-corrected chi connectivity index (χ2v) is 6.30. The summed E-state index contributed by atoms with van der Waals surface area (Å²) in [6, 6.07) is 4.00. The van der Waals surface area contributed by atoms with Gasteiger partial charge in [-0.3, -0.25) is 10.1 Å². The van der Waals surface area contributed by atoms with Gasteiger partial charge in [-0.1, -0.05) is 0 Å². The number of nitro benzene ring substituents is 1. The largest absolute Gasteiger partial charge is 0.465 e. The molecule has 9 nitrogen and oxygen atoms in total. The predicted octanol–water partition coefficient (Wildman–Crippen LogP) is 0.625. The van der Waals surface area contributed by atoms with Crippen LogP contribution in [0.2, 0.25) is 0 Å². The van der Waals surface area contributed by atoms with Crippen LogP contribution in [-0.4, -0.2) is 48.6 Å². The number of benzene rings is 1. The van der Waals surface area contributed by atoms with Crippen LogP contribution in [0.1, 0.15) is 6.42 Å². The Kier molecular flexibility index (Phi) is 4.09. The van der Waals surface area contributed by atoms with E-state index in [1.807, 2.05) is 0 Å². The molecule has 0 saturated carbocycles. The van der Waals surface area contributed by atoms with Crippen molar-refractivity contribution in [1.82, 2.24) is 9.62 Å². The lowest BCUT2D eigenvalue weighted by atomic mass is 10.3. The van der Waals surface area contributed by atoms with E-state index in [1.165, 1.54) is 0 Å². The van der Waals surface area contributed by atoms with Gasteiger partial charge in [-0.25, -0.2) is 17.9 Å². The molecule has 10 heteroatoms. The molecule has 2 N–H and O–H groups in total. The van der Waals surface area contributed by atoms with Gasteiger partial charge in [0.25, 0.3) is 5.69 Å². The highest BCUT2D eigenvalue weighted by Crippen LogP contribution is 2.17. The maximum Gasteiger partial charge on any atom is 0.407 e. The van der Waals surface area contributed by atoms with Crippen LogP contribution in [0, 0.1) is 10.1 Å². The molecule has 0 spiro atoms. The number of likely N-dealkylation sites (tertiary alicyclic amines) is 1. The predicted molar refractivity (Wildman–Crippen MR) is 71.4 cm³/mol. The van der Waals surface area contributed by atoms with E-state index in [1.54, 1.807) is 0 Å². The van der Waals surface area contributed by atoms with E-state index in [0.717, 1.165) is 29.2 Å². The third-order valence-electron chi connectivity index (χ3n) is 3.14. The van der Waals surface area contributed by atoms with Crippen LogP contribution >= 0.6 is 0 Å². The number of carboxylic acid groups (broad SMARTS) is 1. The van der Waals surface area contributed by atoms with Gasteiger partial charge in [0.1, 0.15) is 0 Å². The number of hydrogen-bond acceptors (Lipinski definition) is 5. The van der Waals surface area contributed by atoms with Crippen LogP contribution in [0.15, 0.2) is 29.2 Å². The van der Waals surface area contributed by atoms with Gasteiger partial charge in [0.05, 0.1) is 9.82 Å². The molecule has 1 aromatic carbocycles. The number of rotatable bonds is 4. The number of amides is 1. The van der Waals surface area contributed by atoms with Crippen LogP contribution in [0.3, 0.4) is 0 Å². The highest BCUT2D eigenvalue weighted by atomic mass is 32.2. The number of non-ortho nitro benzene ring substituents is 1. The lowest BCUT2D eigenvalue weighted by molar-refractivity contribution is -0.384. The molecule has 0 bridgehead atoms. The first-order valence-corrected chi connectivity index (χ1v) is 7.52. The molecule has 0 unspecified atom stereocenters. The molecule has 2 rings (SSSR count). The average Bonchev–Trinajstić information content (AvgIpc) is 2.87. The highest BCUT2D eigenvalue weighted by molar-refractivity contribution is 7.89. The number of hydrogen-bond donors (Lipinski definition) is 2. The van der Waals surface area contributed by atoms with E-state index >= 15 is 0 Å². The summed E-state index contributed by atoms with van der Waals surface area (Å²) < 4.78 is 26.6. The molecule has 0 radical (unpaired) electrons. The highest BCUT2D eigenvalue weighted by Gasteiger charge is 2.29. The first kappa shape index (κ1) is 15.2. The number of carbonyl (C=O) groups is 1. The van der Waals surface area contributed by atoms with Crippen molar-refractivity contribution in [2.45, 2.75) is 17.4 Å². The van der Waals surface area contributed by atoms with Gasteiger partial charge in [0, 0.05) is 31.3 Å². The molecule has 0 aliphatic carbocycles. The van der Waals surface area contributed by atoms with E-state index in [9.17, 15) is 23.3 Å². The maximum atomic E-state index is 12.1. The number of sulfonamides is 1. The van der Waals surface area contributed by atoms with Crippen molar-refractivity contribution >= 4 is 21.8 Å². The van der Waals surface area contributed by atoms with Crippen LogP contribution in [0.25, 0.3) is 0 Å². The van der Waals surface area contributed by atoms with Gasteiger partial charge in [-0.05, 0) is 18.6 Å². The Bertz CT molecular complexity index is 657. The van der Waals surface area contributed by atoms with Crippen LogP contribution < -0.4 is 4.72 Å². The number of nitro groups is 1. The van der Waals surface area contributed by atoms with Crippen molar-refractivity contribution in [2.75, 3.05) is 13.1 Å². The third-order valence-corrected chi connectivity index (χ3v) is 4.67. The molecule has 1 saturated heterocycles. The fourth-order valence-corrected chi connectivity index (χ4v) is 3.33. The zero-order valence-electron chi connectivity index (χ0n) is 10.8. The fourth-order valence-electron chi connectivity index (χ4n) is 2.06. The molecule has 21 heavy (non-hydrogen) atoms. The molecular weight excluding hydrogens is 302 g/mol. The quantitative estimate of drug-likeness (QED) is 0.619. The van der Waals surface area contributed by atoms with Crippen LogP contribution in [0.4, 0.5) is 10.5 Å². The van der Waals surface area contributed by atoms with E-state index in [0.29, 0.717) is 6.42 Å². The van der Waals surface area contributed by atoms with E-state index in [-0.39, 0.29) is 23.7 Å². The minimum atomic E-state index is -3.83. The minimum Gasteiger partial charge on any atom is -0.465 e. The molecule has 1 aliphatic heterocycles. The Labute approximate surface area is 120 Å². The Morgan fingerprint density at radius 1 is 1.38 bits per heavy atom. The number of nitrogens with zero attached hydrogens (tertiary/aromatic N) is 2. The standard InChI is InChI=1S/C11H13N3O6S/c15-11(16)13-6-5-8(7-13)12-21(19,20)10-3-1-9(2-4-10)14(17)18/h1-4,8,12H,5-7H2,(H,15,16)/t8-/m0/s1. The van der Waals surface area contributed by atoms with Crippen molar-refractivity contribution < 1.29 is 23.2 Å². The van der Waals surface area contributed by atoms with Gasteiger partial charge in [0.2, 0.25) is 10.0 Å². The zero-order chi connectivity index (χ0) is 15.6. The first-order chi connectivity index (χ1) is 9.79. The molecule has 114 valence electrons. The van der Waals surface area contributed by atoms with Crippen molar-refractivity contribution in [3.63, 3.8) is 0 Å². The summed E-state index contributed by atoms with van der Waals surface area (Å²) in [5, 5.41) is 19.3. The van der Waals surface area contributed by atoms with E-state index in [4.69, 9.17) is 5.11 Å². The van der Waals surface area contributed by atoms with E-state index in [2.05, 4.69) is 4.72 Å². The third kappa shape index (κ3) is 3.47. The Morgan fingerprint density at radius 2 is 2.00 bits per heavy atom. The number of nitrogens with one attached hydrogen (secondary N) is 1. The molecule has 1 fully saturated rings. The summed E-state index contributed by atoms with van der Waals surface area (Å²) in [6.07, 6.45) is -0.703. The van der Waals surface area contributed by atoms with Crippen molar-refractivity contribution in [1.29, 1.82) is 0 Å². The maximum absolute atomic E-state index is 12.1. The minimum absolute atomic E-state index is 0.0849. The summed E-state index contributed by atoms with van der Waals surface area (Å²) in [6.45, 7) is 0.352. The summed E-state index contributed by atoms with van der Waals surface area (Å²) in [7, 11) is -3.83. The molecule has 1 aliphatic rings. The Hall–Kier alpha value is -2.20. The average molecular weight is 315 g/mol. The monoisotopic (exact) mass is 315 g/mol. The topological polar surface area (TPSA) is 130 Å². The molecule has 1 heterocycles. The van der Waals surface area contributed by atoms with Gasteiger partial charge in [-0.2, -0.15) is 0 Å². The van der Waals surface area contributed by atoms with Gasteiger partial charge < -0.3 is 10.0 Å². The molecule has 1 atom stereocenters.